The number of ketones is 1. The molecule has 1 heterocycles. The minimum absolute atomic E-state index is 0.0641. The van der Waals surface area contributed by atoms with Gasteiger partial charge >= 0.3 is 0 Å². The molecule has 1 saturated heterocycles. The van der Waals surface area contributed by atoms with E-state index in [1.165, 1.54) is 12.1 Å². The fourth-order valence-corrected chi connectivity index (χ4v) is 3.47. The molecule has 0 radical (unpaired) electrons. The number of Topliss-reactive ketones (excluding diaryl/α,β-unsaturated/α-hetero) is 1. The number of amides is 1. The van der Waals surface area contributed by atoms with E-state index in [9.17, 15) is 14.0 Å². The molecule has 5 heteroatoms. The average molecular weight is 368 g/mol. The molecule has 142 valence electrons. The Morgan fingerprint density at radius 3 is 2.41 bits per heavy atom. The second-order valence-corrected chi connectivity index (χ2v) is 7.03. The maximum Gasteiger partial charge on any atom is 0.222 e. The van der Waals surface area contributed by atoms with Crippen LogP contribution in [0.4, 0.5) is 4.39 Å². The molecule has 27 heavy (non-hydrogen) atoms. The summed E-state index contributed by atoms with van der Waals surface area (Å²) < 4.78 is 13.2. The molecule has 2 aromatic rings. The van der Waals surface area contributed by atoms with Crippen molar-refractivity contribution < 1.29 is 14.0 Å². The monoisotopic (exact) mass is 368 g/mol. The normalized spacial score (nSPS) is 17.7. The van der Waals surface area contributed by atoms with Crippen molar-refractivity contribution in [1.29, 1.82) is 0 Å². The molecule has 4 nitrogen and oxygen atoms in total. The molecule has 0 aliphatic carbocycles. The van der Waals surface area contributed by atoms with Crippen molar-refractivity contribution in [1.82, 2.24) is 9.80 Å². The van der Waals surface area contributed by atoms with Crippen LogP contribution in [0.3, 0.4) is 0 Å². The molecule has 1 aliphatic rings. The molecule has 1 unspecified atom stereocenters. The van der Waals surface area contributed by atoms with Crippen LogP contribution in [0.5, 0.6) is 0 Å². The van der Waals surface area contributed by atoms with Crippen LogP contribution in [0.1, 0.15) is 41.2 Å². The molecule has 1 atom stereocenters. The number of hydrogen-bond donors (Lipinski definition) is 0. The van der Waals surface area contributed by atoms with Gasteiger partial charge < -0.3 is 4.90 Å². The van der Waals surface area contributed by atoms with Crippen molar-refractivity contribution in [3.05, 3.63) is 71.5 Å². The first-order chi connectivity index (χ1) is 13.0. The molecule has 2 aromatic carbocycles. The van der Waals surface area contributed by atoms with Crippen LogP contribution < -0.4 is 0 Å². The highest BCUT2D eigenvalue weighted by Crippen LogP contribution is 2.25. The lowest BCUT2D eigenvalue weighted by Crippen LogP contribution is -2.48. The second kappa shape index (κ2) is 8.91. The predicted octanol–water partition coefficient (Wildman–Crippen LogP) is 3.69. The van der Waals surface area contributed by atoms with E-state index >= 15 is 0 Å². The van der Waals surface area contributed by atoms with E-state index in [1.54, 1.807) is 24.3 Å². The smallest absolute Gasteiger partial charge is 0.222 e. The number of benzene rings is 2. The van der Waals surface area contributed by atoms with Gasteiger partial charge in [0.2, 0.25) is 5.91 Å². The summed E-state index contributed by atoms with van der Waals surface area (Å²) in [5, 5.41) is 0. The first-order valence-electron chi connectivity index (χ1n) is 9.36. The molecule has 0 bridgehead atoms. The lowest BCUT2D eigenvalue weighted by atomic mass is 10.0. The van der Waals surface area contributed by atoms with E-state index in [4.69, 9.17) is 0 Å². The first-order valence-corrected chi connectivity index (χ1v) is 9.36. The summed E-state index contributed by atoms with van der Waals surface area (Å²) in [6.45, 7) is 2.05. The molecule has 0 aromatic heterocycles. The highest BCUT2D eigenvalue weighted by molar-refractivity contribution is 5.96. The van der Waals surface area contributed by atoms with Gasteiger partial charge in [0.15, 0.2) is 5.78 Å². The van der Waals surface area contributed by atoms with Gasteiger partial charge in [0.1, 0.15) is 5.82 Å². The Hall–Kier alpha value is -2.53. The fourth-order valence-electron chi connectivity index (χ4n) is 3.47. The second-order valence-electron chi connectivity index (χ2n) is 7.03. The van der Waals surface area contributed by atoms with Crippen molar-refractivity contribution in [2.45, 2.75) is 25.3 Å². The summed E-state index contributed by atoms with van der Waals surface area (Å²) in [4.78, 5) is 28.8. The quantitative estimate of drug-likeness (QED) is 0.730. The largest absolute Gasteiger partial charge is 0.339 e. The van der Waals surface area contributed by atoms with Crippen LogP contribution in [0, 0.1) is 5.82 Å². The molecular formula is C22H25FN2O2. The Balaban J connectivity index is 1.52. The van der Waals surface area contributed by atoms with Crippen molar-refractivity contribution in [3.8, 4) is 0 Å². The van der Waals surface area contributed by atoms with Crippen molar-refractivity contribution in [2.75, 3.05) is 26.7 Å². The highest BCUT2D eigenvalue weighted by Gasteiger charge is 2.28. The minimum atomic E-state index is -0.256. The van der Waals surface area contributed by atoms with E-state index in [0.717, 1.165) is 12.1 Å². The van der Waals surface area contributed by atoms with E-state index in [-0.39, 0.29) is 23.5 Å². The summed E-state index contributed by atoms with van der Waals surface area (Å²) in [6.07, 6.45) is 1.31. The Labute approximate surface area is 159 Å². The lowest BCUT2D eigenvalue weighted by Gasteiger charge is -2.39. The Bertz CT molecular complexity index is 777. The van der Waals surface area contributed by atoms with Crippen LogP contribution >= 0.6 is 0 Å². The first kappa shape index (κ1) is 19.2. The van der Waals surface area contributed by atoms with Crippen LogP contribution in [0.25, 0.3) is 0 Å². The molecule has 0 spiro atoms. The third-order valence-corrected chi connectivity index (χ3v) is 5.15. The molecule has 3 rings (SSSR count). The Kier molecular flexibility index (Phi) is 6.35. The van der Waals surface area contributed by atoms with Crippen LogP contribution in [-0.2, 0) is 4.79 Å². The summed E-state index contributed by atoms with van der Waals surface area (Å²) in [5.41, 5.74) is 1.71. The number of hydrogen-bond acceptors (Lipinski definition) is 3. The van der Waals surface area contributed by atoms with Crippen molar-refractivity contribution >= 4 is 11.7 Å². The fraction of sp³-hybridized carbons (Fsp3) is 0.364. The molecule has 0 N–H and O–H groups in total. The van der Waals surface area contributed by atoms with Crippen LogP contribution in [0.2, 0.25) is 0 Å². The summed E-state index contributed by atoms with van der Waals surface area (Å²) in [7, 11) is 2.02. The van der Waals surface area contributed by atoms with Crippen molar-refractivity contribution in [2.24, 2.45) is 0 Å². The van der Waals surface area contributed by atoms with Gasteiger partial charge in [0.25, 0.3) is 0 Å². The van der Waals surface area contributed by atoms with Crippen LogP contribution in [0.15, 0.2) is 54.6 Å². The summed E-state index contributed by atoms with van der Waals surface area (Å²) in [6, 6.07) is 15.7. The highest BCUT2D eigenvalue weighted by atomic mass is 19.1. The zero-order chi connectivity index (χ0) is 19.2. The van der Waals surface area contributed by atoms with Crippen molar-refractivity contribution in [3.63, 3.8) is 0 Å². The number of likely N-dealkylation sites (N-methyl/N-ethyl adjacent to an activating group) is 1. The maximum absolute atomic E-state index is 13.2. The number of piperazine rings is 1. The van der Waals surface area contributed by atoms with Gasteiger partial charge in [-0.2, -0.15) is 0 Å². The molecule has 1 amide bonds. The molecule has 1 fully saturated rings. The number of carbonyl (C=O) groups excluding carboxylic acids is 2. The third-order valence-electron chi connectivity index (χ3n) is 5.15. The maximum atomic E-state index is 13.2. The summed E-state index contributed by atoms with van der Waals surface area (Å²) >= 11 is 0. The van der Waals surface area contributed by atoms with Gasteiger partial charge in [-0.3, -0.25) is 14.5 Å². The number of rotatable bonds is 6. The molecule has 1 aliphatic heterocycles. The standard InChI is InChI=1S/C22H25FN2O2/c1-24-14-15-25(16-20(24)17-10-12-19(23)13-11-17)22(27)9-5-8-21(26)18-6-3-2-4-7-18/h2-4,6-7,10-13,20H,5,8-9,14-16H2,1H3. The van der Waals surface area contributed by atoms with Gasteiger partial charge in [0, 0.05) is 38.0 Å². The zero-order valence-electron chi connectivity index (χ0n) is 15.6. The third kappa shape index (κ3) is 5.01. The number of halogens is 1. The lowest BCUT2D eigenvalue weighted by molar-refractivity contribution is -0.134. The van der Waals surface area contributed by atoms with E-state index in [0.29, 0.717) is 37.9 Å². The summed E-state index contributed by atoms with van der Waals surface area (Å²) in [5.74, 6) is -0.102. The Morgan fingerprint density at radius 2 is 1.70 bits per heavy atom. The predicted molar refractivity (Wildman–Crippen MR) is 103 cm³/mol. The molecule has 0 saturated carbocycles. The van der Waals surface area contributed by atoms with E-state index in [1.807, 2.05) is 30.1 Å². The Morgan fingerprint density at radius 1 is 1.00 bits per heavy atom. The van der Waals surface area contributed by atoms with Gasteiger partial charge in [-0.1, -0.05) is 42.5 Å². The zero-order valence-corrected chi connectivity index (χ0v) is 15.6. The van der Waals surface area contributed by atoms with Gasteiger partial charge in [0.05, 0.1) is 6.04 Å². The van der Waals surface area contributed by atoms with Crippen LogP contribution in [-0.4, -0.2) is 48.2 Å². The molecular weight excluding hydrogens is 343 g/mol. The van der Waals surface area contributed by atoms with Gasteiger partial charge in [-0.25, -0.2) is 4.39 Å². The topological polar surface area (TPSA) is 40.6 Å². The number of carbonyl (C=O) groups is 2. The van der Waals surface area contributed by atoms with E-state index < -0.39 is 0 Å². The van der Waals surface area contributed by atoms with Gasteiger partial charge in [-0.05, 0) is 31.2 Å². The minimum Gasteiger partial charge on any atom is -0.339 e. The van der Waals surface area contributed by atoms with E-state index in [2.05, 4.69) is 4.90 Å². The average Bonchev–Trinajstić information content (AvgIpc) is 2.69. The van der Waals surface area contributed by atoms with Gasteiger partial charge in [-0.15, -0.1) is 0 Å². The SMILES string of the molecule is CN1CCN(C(=O)CCCC(=O)c2ccccc2)CC1c1ccc(F)cc1. The number of nitrogens with zero attached hydrogens (tertiary/aromatic N) is 2.